The first-order valence-corrected chi connectivity index (χ1v) is 12.2. The van der Waals surface area contributed by atoms with Crippen molar-refractivity contribution in [1.82, 2.24) is 4.90 Å². The summed E-state index contributed by atoms with van der Waals surface area (Å²) in [5.41, 5.74) is 1.63. The number of nitrogens with one attached hydrogen (secondary N) is 1. The Morgan fingerprint density at radius 3 is 2.59 bits per heavy atom. The van der Waals surface area contributed by atoms with Crippen molar-refractivity contribution >= 4 is 16.9 Å². The van der Waals surface area contributed by atoms with Gasteiger partial charge in [0.2, 0.25) is 5.76 Å². The number of amides is 1. The summed E-state index contributed by atoms with van der Waals surface area (Å²) < 4.78 is 17.2. The fourth-order valence-corrected chi connectivity index (χ4v) is 4.92. The van der Waals surface area contributed by atoms with Crippen molar-refractivity contribution in [3.8, 4) is 5.75 Å². The van der Waals surface area contributed by atoms with E-state index in [9.17, 15) is 9.59 Å². The fraction of sp³-hybridized carbons (Fsp3) is 0.407. The zero-order chi connectivity index (χ0) is 23.5. The van der Waals surface area contributed by atoms with Crippen LogP contribution in [0.5, 0.6) is 5.75 Å². The minimum Gasteiger partial charge on any atom is -0.494 e. The molecular weight excluding hydrogens is 432 g/mol. The van der Waals surface area contributed by atoms with Gasteiger partial charge < -0.3 is 23.7 Å². The SMILES string of the molecule is CCCOc1ccc([C@H]2c3c(oc4ccccc4c3=O)C(=O)N2CCC[NH+]2CCOCC2)cc1. The van der Waals surface area contributed by atoms with Crippen LogP contribution in [0.1, 0.15) is 47.5 Å². The average Bonchev–Trinajstić information content (AvgIpc) is 3.15. The molecule has 5 rings (SSSR count). The molecule has 0 bridgehead atoms. The Kier molecular flexibility index (Phi) is 6.65. The smallest absolute Gasteiger partial charge is 0.290 e. The summed E-state index contributed by atoms with van der Waals surface area (Å²) in [5.74, 6) is 0.730. The molecule has 1 saturated heterocycles. The van der Waals surface area contributed by atoms with Crippen LogP contribution in [0, 0.1) is 0 Å². The summed E-state index contributed by atoms with van der Waals surface area (Å²) in [4.78, 5) is 30.3. The van der Waals surface area contributed by atoms with E-state index in [0.29, 0.717) is 29.7 Å². The van der Waals surface area contributed by atoms with E-state index >= 15 is 0 Å². The van der Waals surface area contributed by atoms with Gasteiger partial charge in [0, 0.05) is 13.0 Å². The number of morpholine rings is 1. The summed E-state index contributed by atoms with van der Waals surface area (Å²) in [6, 6.07) is 14.4. The number of quaternary nitrogens is 1. The summed E-state index contributed by atoms with van der Waals surface area (Å²) >= 11 is 0. The Labute approximate surface area is 198 Å². The Morgan fingerprint density at radius 1 is 1.06 bits per heavy atom. The number of rotatable bonds is 8. The molecule has 1 fully saturated rings. The third-order valence-corrected chi connectivity index (χ3v) is 6.67. The number of carbonyl (C=O) groups is 1. The molecule has 1 atom stereocenters. The van der Waals surface area contributed by atoms with Crippen LogP contribution < -0.4 is 15.1 Å². The molecule has 1 amide bonds. The number of para-hydroxylation sites is 1. The molecule has 2 aromatic carbocycles. The predicted molar refractivity (Wildman–Crippen MR) is 129 cm³/mol. The van der Waals surface area contributed by atoms with Gasteiger partial charge in [0.1, 0.15) is 24.4 Å². The van der Waals surface area contributed by atoms with E-state index in [1.165, 1.54) is 4.90 Å². The zero-order valence-electron chi connectivity index (χ0n) is 19.5. The molecule has 3 heterocycles. The van der Waals surface area contributed by atoms with Gasteiger partial charge in [-0.3, -0.25) is 9.59 Å². The third kappa shape index (κ3) is 4.33. The Bertz CT molecular complexity index is 1210. The Hall–Kier alpha value is -3.16. The zero-order valence-corrected chi connectivity index (χ0v) is 19.5. The van der Waals surface area contributed by atoms with Gasteiger partial charge in [-0.25, -0.2) is 0 Å². The maximum atomic E-state index is 13.5. The number of hydrogen-bond acceptors (Lipinski definition) is 5. The number of nitrogens with zero attached hydrogens (tertiary/aromatic N) is 1. The minimum atomic E-state index is -0.469. The van der Waals surface area contributed by atoms with Gasteiger partial charge in [0.05, 0.1) is 43.4 Å². The van der Waals surface area contributed by atoms with Crippen molar-refractivity contribution in [1.29, 1.82) is 0 Å². The maximum absolute atomic E-state index is 13.5. The van der Waals surface area contributed by atoms with Gasteiger partial charge in [0.25, 0.3) is 5.91 Å². The van der Waals surface area contributed by atoms with Crippen LogP contribution in [0.3, 0.4) is 0 Å². The lowest BCUT2D eigenvalue weighted by Crippen LogP contribution is -3.14. The molecule has 0 spiro atoms. The molecule has 0 unspecified atom stereocenters. The minimum absolute atomic E-state index is 0.136. The number of carbonyl (C=O) groups excluding carboxylic acids is 1. The number of fused-ring (bicyclic) bond motifs is 2. The number of benzene rings is 2. The molecule has 2 aliphatic heterocycles. The Balaban J connectivity index is 1.48. The molecule has 34 heavy (non-hydrogen) atoms. The molecule has 1 N–H and O–H groups in total. The maximum Gasteiger partial charge on any atom is 0.290 e. The van der Waals surface area contributed by atoms with Crippen molar-refractivity contribution in [3.63, 3.8) is 0 Å². The standard InChI is InChI=1S/C27H30N2O5/c1-2-16-33-20-10-8-19(9-11-20)24-23-25(30)21-6-3-4-7-22(21)34-26(23)27(31)29(24)13-5-12-28-14-17-32-18-15-28/h3-4,6-11,24H,2,5,12-18H2,1H3/p+1/t24-/m0/s1. The van der Waals surface area contributed by atoms with Crippen molar-refractivity contribution in [2.45, 2.75) is 25.8 Å². The molecular formula is C27H31N2O5+. The molecule has 0 radical (unpaired) electrons. The second-order valence-electron chi connectivity index (χ2n) is 8.95. The molecule has 7 heteroatoms. The predicted octanol–water partition coefficient (Wildman–Crippen LogP) is 2.43. The second-order valence-corrected chi connectivity index (χ2v) is 8.95. The normalized spacial score (nSPS) is 18.4. The van der Waals surface area contributed by atoms with Crippen molar-refractivity contribution < 1.29 is 23.6 Å². The summed E-state index contributed by atoms with van der Waals surface area (Å²) in [6.07, 6.45) is 1.77. The van der Waals surface area contributed by atoms with Gasteiger partial charge >= 0.3 is 0 Å². The summed E-state index contributed by atoms with van der Waals surface area (Å²) in [7, 11) is 0. The van der Waals surface area contributed by atoms with Crippen molar-refractivity contribution in [2.75, 3.05) is 46.0 Å². The van der Waals surface area contributed by atoms with Crippen LogP contribution in [0.4, 0.5) is 0 Å². The topological polar surface area (TPSA) is 73.4 Å². The first kappa shape index (κ1) is 22.6. The Morgan fingerprint density at radius 2 is 1.82 bits per heavy atom. The van der Waals surface area contributed by atoms with Gasteiger partial charge in [-0.05, 0) is 36.2 Å². The molecule has 178 valence electrons. The van der Waals surface area contributed by atoms with Gasteiger partial charge in [-0.2, -0.15) is 0 Å². The highest BCUT2D eigenvalue weighted by Gasteiger charge is 2.42. The molecule has 3 aromatic rings. The largest absolute Gasteiger partial charge is 0.494 e. The highest BCUT2D eigenvalue weighted by molar-refractivity contribution is 5.99. The molecule has 0 aliphatic carbocycles. The fourth-order valence-electron chi connectivity index (χ4n) is 4.92. The summed E-state index contributed by atoms with van der Waals surface area (Å²) in [6.45, 7) is 7.77. The number of hydrogen-bond donors (Lipinski definition) is 1. The van der Waals surface area contributed by atoms with Crippen molar-refractivity contribution in [3.05, 3.63) is 75.6 Å². The second kappa shape index (κ2) is 9.99. The van der Waals surface area contributed by atoms with Gasteiger partial charge in [-0.15, -0.1) is 0 Å². The molecule has 2 aliphatic rings. The van der Waals surface area contributed by atoms with Crippen LogP contribution in [-0.4, -0.2) is 56.8 Å². The van der Waals surface area contributed by atoms with E-state index in [1.54, 1.807) is 17.0 Å². The van der Waals surface area contributed by atoms with Crippen LogP contribution in [0.15, 0.2) is 57.7 Å². The van der Waals surface area contributed by atoms with Crippen LogP contribution in [0.2, 0.25) is 0 Å². The molecule has 7 nitrogen and oxygen atoms in total. The average molecular weight is 464 g/mol. The molecule has 1 aromatic heterocycles. The third-order valence-electron chi connectivity index (χ3n) is 6.67. The van der Waals surface area contributed by atoms with Crippen LogP contribution in [-0.2, 0) is 4.74 Å². The van der Waals surface area contributed by atoms with Gasteiger partial charge in [-0.1, -0.05) is 31.2 Å². The molecule has 0 saturated carbocycles. The lowest BCUT2D eigenvalue weighted by molar-refractivity contribution is -0.908. The highest BCUT2D eigenvalue weighted by Crippen LogP contribution is 2.38. The highest BCUT2D eigenvalue weighted by atomic mass is 16.5. The number of ether oxygens (including phenoxy) is 2. The van der Waals surface area contributed by atoms with E-state index in [-0.39, 0.29) is 17.1 Å². The van der Waals surface area contributed by atoms with E-state index < -0.39 is 6.04 Å². The monoisotopic (exact) mass is 463 g/mol. The lowest BCUT2D eigenvalue weighted by atomic mass is 9.98. The summed E-state index contributed by atoms with van der Waals surface area (Å²) in [5, 5.41) is 0.501. The van der Waals surface area contributed by atoms with E-state index in [0.717, 1.165) is 57.0 Å². The first-order chi connectivity index (χ1) is 16.7. The van der Waals surface area contributed by atoms with Crippen LogP contribution in [0.25, 0.3) is 11.0 Å². The van der Waals surface area contributed by atoms with E-state index in [4.69, 9.17) is 13.9 Å². The quantitative estimate of drug-likeness (QED) is 0.556. The first-order valence-electron chi connectivity index (χ1n) is 12.2. The van der Waals surface area contributed by atoms with Crippen molar-refractivity contribution in [2.24, 2.45) is 0 Å². The lowest BCUT2D eigenvalue weighted by Gasteiger charge is -2.27. The van der Waals surface area contributed by atoms with Gasteiger partial charge in [0.15, 0.2) is 5.43 Å². The van der Waals surface area contributed by atoms with Crippen LogP contribution >= 0.6 is 0 Å². The van der Waals surface area contributed by atoms with E-state index in [1.807, 2.05) is 36.4 Å². The van der Waals surface area contributed by atoms with E-state index in [2.05, 4.69) is 6.92 Å².